The number of carbonyl (C=O) groups excluding carboxylic acids is 2. The molecule has 1 aromatic heterocycles. The van der Waals surface area contributed by atoms with Crippen molar-refractivity contribution >= 4 is 34.1 Å². The number of carbonyl (C=O) groups is 3. The maximum Gasteiger partial charge on any atom is 0.326 e. The second-order valence-corrected chi connectivity index (χ2v) is 6.72. The number of aliphatic carboxylic acids is 1. The van der Waals surface area contributed by atoms with Crippen LogP contribution in [0.2, 0.25) is 0 Å². The van der Waals surface area contributed by atoms with E-state index in [0.717, 1.165) is 29.7 Å². The lowest BCUT2D eigenvalue weighted by Gasteiger charge is -2.15. The molecule has 0 saturated carbocycles. The van der Waals surface area contributed by atoms with Gasteiger partial charge < -0.3 is 15.7 Å². The molecule has 23 heavy (non-hydrogen) atoms. The van der Waals surface area contributed by atoms with Gasteiger partial charge >= 0.3 is 5.97 Å². The molecule has 0 fully saturated rings. The molecule has 2 rings (SSSR count). The van der Waals surface area contributed by atoms with Crippen LogP contribution >= 0.6 is 11.3 Å². The van der Waals surface area contributed by atoms with Gasteiger partial charge in [0.2, 0.25) is 5.91 Å². The Morgan fingerprint density at radius 1 is 1.26 bits per heavy atom. The van der Waals surface area contributed by atoms with E-state index in [9.17, 15) is 19.5 Å². The first-order chi connectivity index (χ1) is 11.0. The predicted molar refractivity (Wildman–Crippen MR) is 89.1 cm³/mol. The highest BCUT2D eigenvalue weighted by atomic mass is 32.1. The minimum absolute atomic E-state index is 0.151. The van der Waals surface area contributed by atoms with E-state index in [1.807, 2.05) is 6.92 Å². The average molecular weight is 338 g/mol. The first-order valence-corrected chi connectivity index (χ1v) is 8.77. The van der Waals surface area contributed by atoms with Crippen molar-refractivity contribution < 1.29 is 19.5 Å². The molecule has 0 aliphatic heterocycles. The summed E-state index contributed by atoms with van der Waals surface area (Å²) in [6, 6.07) is -0.904. The van der Waals surface area contributed by atoms with Crippen LogP contribution in [0.25, 0.3) is 0 Å². The number of amides is 2. The van der Waals surface area contributed by atoms with Crippen LogP contribution in [0.1, 0.15) is 60.3 Å². The summed E-state index contributed by atoms with van der Waals surface area (Å²) in [5.41, 5.74) is 1.41. The van der Waals surface area contributed by atoms with Crippen LogP contribution in [0.5, 0.6) is 0 Å². The van der Waals surface area contributed by atoms with Crippen LogP contribution in [0.15, 0.2) is 0 Å². The van der Waals surface area contributed by atoms with Crippen LogP contribution in [0.3, 0.4) is 0 Å². The summed E-state index contributed by atoms with van der Waals surface area (Å²) < 4.78 is 0. The molecule has 0 radical (unpaired) electrons. The third-order valence-corrected chi connectivity index (χ3v) is 5.11. The maximum atomic E-state index is 12.6. The Hall–Kier alpha value is -1.89. The van der Waals surface area contributed by atoms with Crippen LogP contribution < -0.4 is 10.6 Å². The summed E-state index contributed by atoms with van der Waals surface area (Å²) in [6.07, 6.45) is 4.06. The highest BCUT2D eigenvalue weighted by Crippen LogP contribution is 2.39. The van der Waals surface area contributed by atoms with Gasteiger partial charge in [0.1, 0.15) is 11.0 Å². The number of hydrogen-bond acceptors (Lipinski definition) is 4. The van der Waals surface area contributed by atoms with Crippen molar-refractivity contribution in [2.75, 3.05) is 5.32 Å². The fourth-order valence-corrected chi connectivity index (χ4v) is 4.03. The number of carboxylic acids is 1. The Morgan fingerprint density at radius 3 is 2.61 bits per heavy atom. The standard InChI is InChI=1S/C16H22N2O4S/c1-3-6-10(16(21)22)17-14(20)13-9-7-5-8-11(9)23-15(13)18-12(19)4-2/h10H,3-8H2,1-2H3,(H,17,20)(H,18,19)(H,21,22). The van der Waals surface area contributed by atoms with Crippen molar-refractivity contribution in [3.05, 3.63) is 16.0 Å². The summed E-state index contributed by atoms with van der Waals surface area (Å²) in [5, 5.41) is 15.1. The highest BCUT2D eigenvalue weighted by Gasteiger charge is 2.29. The quantitative estimate of drug-likeness (QED) is 0.712. The molecule has 2 amide bonds. The smallest absolute Gasteiger partial charge is 0.326 e. The van der Waals surface area contributed by atoms with Crippen LogP contribution in [-0.2, 0) is 22.4 Å². The summed E-state index contributed by atoms with van der Waals surface area (Å²) in [7, 11) is 0. The molecule has 1 heterocycles. The molecule has 7 heteroatoms. The van der Waals surface area contributed by atoms with Gasteiger partial charge in [0.05, 0.1) is 5.56 Å². The Morgan fingerprint density at radius 2 is 2.00 bits per heavy atom. The van der Waals surface area contributed by atoms with Crippen molar-refractivity contribution in [1.82, 2.24) is 5.32 Å². The number of rotatable bonds is 7. The molecule has 126 valence electrons. The monoisotopic (exact) mass is 338 g/mol. The summed E-state index contributed by atoms with van der Waals surface area (Å²) in [4.78, 5) is 36.7. The fourth-order valence-electron chi connectivity index (χ4n) is 2.72. The summed E-state index contributed by atoms with van der Waals surface area (Å²) in [6.45, 7) is 3.62. The first-order valence-electron chi connectivity index (χ1n) is 7.95. The molecule has 1 aliphatic rings. The molecule has 1 aliphatic carbocycles. The number of nitrogens with one attached hydrogen (secondary N) is 2. The van der Waals surface area contributed by atoms with Crippen molar-refractivity contribution in [2.24, 2.45) is 0 Å². The Labute approximate surface area is 139 Å². The van der Waals surface area contributed by atoms with Gasteiger partial charge in [0, 0.05) is 11.3 Å². The summed E-state index contributed by atoms with van der Waals surface area (Å²) in [5.74, 6) is -1.59. The van der Waals surface area contributed by atoms with Crippen molar-refractivity contribution in [3.8, 4) is 0 Å². The van der Waals surface area contributed by atoms with Gasteiger partial charge in [0.25, 0.3) is 5.91 Å². The number of carboxylic acid groups (broad SMARTS) is 1. The molecular formula is C16H22N2O4S. The molecule has 1 unspecified atom stereocenters. The van der Waals surface area contributed by atoms with E-state index < -0.39 is 17.9 Å². The molecule has 0 spiro atoms. The van der Waals surface area contributed by atoms with Gasteiger partial charge in [0.15, 0.2) is 0 Å². The van der Waals surface area contributed by atoms with Crippen LogP contribution in [-0.4, -0.2) is 28.9 Å². The molecule has 1 atom stereocenters. The lowest BCUT2D eigenvalue weighted by Crippen LogP contribution is -2.41. The van der Waals surface area contributed by atoms with Crippen molar-refractivity contribution in [2.45, 2.75) is 58.4 Å². The molecular weight excluding hydrogens is 316 g/mol. The van der Waals surface area contributed by atoms with E-state index in [0.29, 0.717) is 29.8 Å². The maximum absolute atomic E-state index is 12.6. The Balaban J connectivity index is 2.27. The van der Waals surface area contributed by atoms with E-state index in [4.69, 9.17) is 0 Å². The van der Waals surface area contributed by atoms with Crippen LogP contribution in [0.4, 0.5) is 5.00 Å². The highest BCUT2D eigenvalue weighted by molar-refractivity contribution is 7.17. The SMILES string of the molecule is CCCC(NC(=O)c1c(NC(=O)CC)sc2c1CCC2)C(=O)O. The second kappa shape index (κ2) is 7.59. The average Bonchev–Trinajstić information content (AvgIpc) is 3.06. The van der Waals surface area contributed by atoms with E-state index in [2.05, 4.69) is 10.6 Å². The molecule has 6 nitrogen and oxygen atoms in total. The zero-order valence-electron chi connectivity index (χ0n) is 13.4. The normalized spacial score (nSPS) is 14.2. The van der Waals surface area contributed by atoms with E-state index in [-0.39, 0.29) is 5.91 Å². The molecule has 0 saturated heterocycles. The molecule has 0 aromatic carbocycles. The second-order valence-electron chi connectivity index (χ2n) is 5.62. The lowest BCUT2D eigenvalue weighted by molar-refractivity contribution is -0.139. The largest absolute Gasteiger partial charge is 0.480 e. The third kappa shape index (κ3) is 3.90. The topological polar surface area (TPSA) is 95.5 Å². The number of thiophene rings is 1. The minimum atomic E-state index is -1.04. The van der Waals surface area contributed by atoms with E-state index in [1.165, 1.54) is 11.3 Å². The van der Waals surface area contributed by atoms with Crippen molar-refractivity contribution in [3.63, 3.8) is 0 Å². The van der Waals surface area contributed by atoms with E-state index >= 15 is 0 Å². The van der Waals surface area contributed by atoms with Gasteiger partial charge in [-0.05, 0) is 31.2 Å². The summed E-state index contributed by atoms with van der Waals surface area (Å²) >= 11 is 1.43. The number of hydrogen-bond donors (Lipinski definition) is 3. The Kier molecular flexibility index (Phi) is 5.76. The van der Waals surface area contributed by atoms with Gasteiger partial charge in [-0.25, -0.2) is 4.79 Å². The molecule has 1 aromatic rings. The zero-order chi connectivity index (χ0) is 17.0. The fraction of sp³-hybridized carbons (Fsp3) is 0.562. The van der Waals surface area contributed by atoms with Gasteiger partial charge in [-0.2, -0.15) is 0 Å². The third-order valence-electron chi connectivity index (χ3n) is 3.90. The minimum Gasteiger partial charge on any atom is -0.480 e. The van der Waals surface area contributed by atoms with Gasteiger partial charge in [-0.15, -0.1) is 11.3 Å². The lowest BCUT2D eigenvalue weighted by atomic mass is 10.1. The number of fused-ring (bicyclic) bond motifs is 1. The zero-order valence-corrected chi connectivity index (χ0v) is 14.2. The van der Waals surface area contributed by atoms with Crippen LogP contribution in [0, 0.1) is 0 Å². The molecule has 3 N–H and O–H groups in total. The number of aryl methyl sites for hydroxylation is 1. The first kappa shape index (κ1) is 17.5. The Bertz CT molecular complexity index is 624. The van der Waals surface area contributed by atoms with Crippen molar-refractivity contribution in [1.29, 1.82) is 0 Å². The number of anilines is 1. The van der Waals surface area contributed by atoms with E-state index in [1.54, 1.807) is 6.92 Å². The van der Waals surface area contributed by atoms with Gasteiger partial charge in [-0.3, -0.25) is 9.59 Å². The van der Waals surface area contributed by atoms with Gasteiger partial charge in [-0.1, -0.05) is 20.3 Å². The molecule has 0 bridgehead atoms. The predicted octanol–water partition coefficient (Wildman–Crippen LogP) is 2.57.